The number of carboxylic acid groups (broad SMARTS) is 1. The van der Waals surface area contributed by atoms with E-state index in [0.717, 1.165) is 0 Å². The van der Waals surface area contributed by atoms with E-state index < -0.39 is 12.1 Å². The van der Waals surface area contributed by atoms with Gasteiger partial charge >= 0.3 is 5.97 Å². The highest BCUT2D eigenvalue weighted by atomic mass is 16.4. The zero-order chi connectivity index (χ0) is 15.2. The third kappa shape index (κ3) is 3.90. The molecule has 0 fully saturated rings. The highest BCUT2D eigenvalue weighted by Gasteiger charge is 2.16. The van der Waals surface area contributed by atoms with E-state index in [2.05, 4.69) is 5.32 Å². The normalized spacial score (nSPS) is 11.7. The van der Waals surface area contributed by atoms with Crippen LogP contribution in [0.25, 0.3) is 0 Å². The topological polar surface area (TPSA) is 86.6 Å². The standard InChI is InChI=1S/C16H15NO4/c18-14(15(19)11-4-2-1-3-5-11)10-17-13-8-6-12(7-9-13)16(20)21/h1-9,14,17-18H,10H2,(H,20,21)/t14-/m0/s1. The second kappa shape index (κ2) is 6.67. The minimum absolute atomic E-state index is 0.0557. The van der Waals surface area contributed by atoms with Crippen molar-refractivity contribution >= 4 is 17.4 Å². The molecule has 2 aromatic rings. The molecular weight excluding hydrogens is 270 g/mol. The molecule has 0 aromatic heterocycles. The summed E-state index contributed by atoms with van der Waals surface area (Å²) in [7, 11) is 0. The van der Waals surface area contributed by atoms with Crippen molar-refractivity contribution in [1.29, 1.82) is 0 Å². The van der Waals surface area contributed by atoms with Gasteiger partial charge in [0.25, 0.3) is 0 Å². The fourth-order valence-electron chi connectivity index (χ4n) is 1.83. The number of Topliss-reactive ketones (excluding diaryl/α,β-unsaturated/α-hetero) is 1. The number of carboxylic acids is 1. The van der Waals surface area contributed by atoms with E-state index in [9.17, 15) is 14.7 Å². The van der Waals surface area contributed by atoms with Gasteiger partial charge in [0.2, 0.25) is 0 Å². The fraction of sp³-hybridized carbons (Fsp3) is 0.125. The summed E-state index contributed by atoms with van der Waals surface area (Å²) in [6.45, 7) is 0.0557. The molecule has 0 aliphatic rings. The molecule has 0 aliphatic carbocycles. The van der Waals surface area contributed by atoms with Gasteiger partial charge in [-0.15, -0.1) is 0 Å². The summed E-state index contributed by atoms with van der Waals surface area (Å²) in [4.78, 5) is 22.7. The fourth-order valence-corrected chi connectivity index (χ4v) is 1.83. The average Bonchev–Trinajstić information content (AvgIpc) is 2.53. The van der Waals surface area contributed by atoms with Crippen LogP contribution in [-0.2, 0) is 0 Å². The van der Waals surface area contributed by atoms with E-state index in [1.54, 1.807) is 42.5 Å². The lowest BCUT2D eigenvalue weighted by molar-refractivity contribution is 0.0696. The first-order valence-corrected chi connectivity index (χ1v) is 6.42. The number of hydrogen-bond donors (Lipinski definition) is 3. The number of hydrogen-bond acceptors (Lipinski definition) is 4. The largest absolute Gasteiger partial charge is 0.478 e. The first kappa shape index (κ1) is 14.7. The van der Waals surface area contributed by atoms with Gasteiger partial charge in [-0.1, -0.05) is 30.3 Å². The van der Waals surface area contributed by atoms with Gasteiger partial charge in [0.1, 0.15) is 6.10 Å². The van der Waals surface area contributed by atoms with Crippen LogP contribution in [0.15, 0.2) is 54.6 Å². The number of anilines is 1. The van der Waals surface area contributed by atoms with Crippen molar-refractivity contribution in [2.24, 2.45) is 0 Å². The molecule has 0 heterocycles. The van der Waals surface area contributed by atoms with Crippen molar-refractivity contribution in [3.63, 3.8) is 0 Å². The van der Waals surface area contributed by atoms with Crippen molar-refractivity contribution < 1.29 is 19.8 Å². The SMILES string of the molecule is O=C(O)c1ccc(NC[C@H](O)C(=O)c2ccccc2)cc1. The molecule has 5 nitrogen and oxygen atoms in total. The maximum atomic E-state index is 11.9. The number of aliphatic hydroxyl groups is 1. The van der Waals surface area contributed by atoms with Crippen LogP contribution < -0.4 is 5.32 Å². The number of carbonyl (C=O) groups is 2. The molecule has 3 N–H and O–H groups in total. The molecule has 1 atom stereocenters. The summed E-state index contributed by atoms with van der Waals surface area (Å²) < 4.78 is 0. The highest BCUT2D eigenvalue weighted by Crippen LogP contribution is 2.10. The molecular formula is C16H15NO4. The van der Waals surface area contributed by atoms with Gasteiger partial charge in [0.15, 0.2) is 5.78 Å². The average molecular weight is 285 g/mol. The number of aromatic carboxylic acids is 1. The van der Waals surface area contributed by atoms with Gasteiger partial charge in [-0.2, -0.15) is 0 Å². The Morgan fingerprint density at radius 1 is 0.952 bits per heavy atom. The molecule has 0 spiro atoms. The second-order valence-electron chi connectivity index (χ2n) is 4.51. The summed E-state index contributed by atoms with van der Waals surface area (Å²) in [5.74, 6) is -1.36. The number of aliphatic hydroxyl groups excluding tert-OH is 1. The molecule has 0 saturated heterocycles. The number of carbonyl (C=O) groups excluding carboxylic acids is 1. The predicted molar refractivity (Wildman–Crippen MR) is 78.7 cm³/mol. The first-order chi connectivity index (χ1) is 10.1. The Bertz CT molecular complexity index is 622. The molecule has 2 rings (SSSR count). The van der Waals surface area contributed by atoms with Crippen LogP contribution in [0.3, 0.4) is 0 Å². The Labute approximate surface area is 121 Å². The third-order valence-electron chi connectivity index (χ3n) is 2.99. The van der Waals surface area contributed by atoms with Crippen LogP contribution in [0.4, 0.5) is 5.69 Å². The summed E-state index contributed by atoms with van der Waals surface area (Å²) >= 11 is 0. The zero-order valence-corrected chi connectivity index (χ0v) is 11.2. The van der Waals surface area contributed by atoms with Crippen molar-refractivity contribution in [2.45, 2.75) is 6.10 Å². The summed E-state index contributed by atoms with van der Waals surface area (Å²) in [5, 5.41) is 21.6. The van der Waals surface area contributed by atoms with E-state index in [1.807, 2.05) is 0 Å². The molecule has 0 unspecified atom stereocenters. The highest BCUT2D eigenvalue weighted by molar-refractivity contribution is 5.99. The Hall–Kier alpha value is -2.66. The molecule has 21 heavy (non-hydrogen) atoms. The van der Waals surface area contributed by atoms with Gasteiger partial charge in [0.05, 0.1) is 5.56 Å². The van der Waals surface area contributed by atoms with Crippen LogP contribution in [0, 0.1) is 0 Å². The van der Waals surface area contributed by atoms with Gasteiger partial charge in [-0.05, 0) is 24.3 Å². The molecule has 0 amide bonds. The van der Waals surface area contributed by atoms with Crippen LogP contribution >= 0.6 is 0 Å². The van der Waals surface area contributed by atoms with Crippen molar-refractivity contribution in [3.05, 3.63) is 65.7 Å². The Balaban J connectivity index is 1.93. The molecule has 0 aliphatic heterocycles. The number of rotatable bonds is 6. The zero-order valence-electron chi connectivity index (χ0n) is 11.2. The van der Waals surface area contributed by atoms with E-state index in [4.69, 9.17) is 5.11 Å². The third-order valence-corrected chi connectivity index (χ3v) is 2.99. The van der Waals surface area contributed by atoms with Gasteiger partial charge in [-0.3, -0.25) is 4.79 Å². The maximum Gasteiger partial charge on any atom is 0.335 e. The van der Waals surface area contributed by atoms with Gasteiger partial charge < -0.3 is 15.5 Å². The van der Waals surface area contributed by atoms with Gasteiger partial charge in [-0.25, -0.2) is 4.79 Å². The Morgan fingerprint density at radius 3 is 2.14 bits per heavy atom. The van der Waals surface area contributed by atoms with E-state index >= 15 is 0 Å². The van der Waals surface area contributed by atoms with Crippen LogP contribution in [-0.4, -0.2) is 34.6 Å². The molecule has 5 heteroatoms. The Morgan fingerprint density at radius 2 is 1.57 bits per heavy atom. The maximum absolute atomic E-state index is 11.9. The number of nitrogens with one attached hydrogen (secondary N) is 1. The van der Waals surface area contributed by atoms with Crippen LogP contribution in [0.2, 0.25) is 0 Å². The van der Waals surface area contributed by atoms with Gasteiger partial charge in [0, 0.05) is 17.8 Å². The van der Waals surface area contributed by atoms with E-state index in [1.165, 1.54) is 12.1 Å². The molecule has 0 saturated carbocycles. The lowest BCUT2D eigenvalue weighted by Gasteiger charge is -2.12. The Kier molecular flexibility index (Phi) is 4.68. The monoisotopic (exact) mass is 285 g/mol. The molecule has 0 bridgehead atoms. The second-order valence-corrected chi connectivity index (χ2v) is 4.51. The molecule has 0 radical (unpaired) electrons. The van der Waals surface area contributed by atoms with E-state index in [0.29, 0.717) is 11.3 Å². The van der Waals surface area contributed by atoms with Crippen molar-refractivity contribution in [1.82, 2.24) is 0 Å². The number of benzene rings is 2. The minimum atomic E-state index is -1.16. The van der Waals surface area contributed by atoms with Crippen molar-refractivity contribution in [2.75, 3.05) is 11.9 Å². The smallest absolute Gasteiger partial charge is 0.335 e. The molecule has 2 aromatic carbocycles. The van der Waals surface area contributed by atoms with E-state index in [-0.39, 0.29) is 17.9 Å². The lowest BCUT2D eigenvalue weighted by atomic mass is 10.1. The quantitative estimate of drug-likeness (QED) is 0.707. The summed E-state index contributed by atoms with van der Waals surface area (Å²) in [6.07, 6.45) is -1.16. The van der Waals surface area contributed by atoms with Crippen LogP contribution in [0.1, 0.15) is 20.7 Å². The van der Waals surface area contributed by atoms with Crippen molar-refractivity contribution in [3.8, 4) is 0 Å². The molecule has 108 valence electrons. The summed E-state index contributed by atoms with van der Waals surface area (Å²) in [5.41, 5.74) is 1.27. The predicted octanol–water partition coefficient (Wildman–Crippen LogP) is 2.04. The van der Waals surface area contributed by atoms with Crippen LogP contribution in [0.5, 0.6) is 0 Å². The number of ketones is 1. The first-order valence-electron chi connectivity index (χ1n) is 6.42. The lowest BCUT2D eigenvalue weighted by Crippen LogP contribution is -2.28. The summed E-state index contributed by atoms with van der Waals surface area (Å²) in [6, 6.07) is 14.6. The minimum Gasteiger partial charge on any atom is -0.478 e.